The fourth-order valence-corrected chi connectivity index (χ4v) is 3.74. The van der Waals surface area contributed by atoms with E-state index in [4.69, 9.17) is 0 Å². The zero-order chi connectivity index (χ0) is 16.2. The van der Waals surface area contributed by atoms with Gasteiger partial charge in [-0.05, 0) is 12.7 Å². The summed E-state index contributed by atoms with van der Waals surface area (Å²) >= 11 is 3.09. The molecular formula is C15H19N5OS2. The topological polar surface area (TPSA) is 62.2 Å². The van der Waals surface area contributed by atoms with Crippen LogP contribution in [-0.4, -0.2) is 58.2 Å². The number of anilines is 1. The van der Waals surface area contributed by atoms with E-state index in [-0.39, 0.29) is 5.91 Å². The highest BCUT2D eigenvalue weighted by molar-refractivity contribution is 8.00. The average Bonchev–Trinajstić information content (AvgIpc) is 3.10. The molecule has 0 bridgehead atoms. The lowest BCUT2D eigenvalue weighted by molar-refractivity contribution is 0.0741. The Hall–Kier alpha value is -1.67. The van der Waals surface area contributed by atoms with Gasteiger partial charge in [-0.3, -0.25) is 4.79 Å². The zero-order valence-corrected chi connectivity index (χ0v) is 14.9. The number of carbonyl (C=O) groups excluding carboxylic acids is 1. The Labute approximate surface area is 144 Å². The molecule has 0 saturated carbocycles. The second-order valence-corrected chi connectivity index (χ2v) is 7.11. The van der Waals surface area contributed by atoms with Gasteiger partial charge in [0.25, 0.3) is 5.91 Å². The Kier molecular flexibility index (Phi) is 5.12. The summed E-state index contributed by atoms with van der Waals surface area (Å²) in [6.45, 7) is 5.03. The minimum atomic E-state index is 0.0261. The molecule has 0 N–H and O–H groups in total. The van der Waals surface area contributed by atoms with E-state index in [1.807, 2.05) is 22.6 Å². The Morgan fingerprint density at radius 1 is 1.30 bits per heavy atom. The first-order valence-corrected chi connectivity index (χ1v) is 9.66. The van der Waals surface area contributed by atoms with E-state index in [1.165, 1.54) is 11.3 Å². The molecule has 0 unspecified atom stereocenters. The van der Waals surface area contributed by atoms with Crippen LogP contribution in [0.3, 0.4) is 0 Å². The maximum Gasteiger partial charge on any atom is 0.273 e. The normalized spacial score (nSPS) is 15.0. The van der Waals surface area contributed by atoms with Gasteiger partial charge >= 0.3 is 0 Å². The third-order valence-corrected chi connectivity index (χ3v) is 5.70. The molecule has 1 aliphatic heterocycles. The Bertz CT molecular complexity index is 682. The molecule has 122 valence electrons. The predicted octanol–water partition coefficient (Wildman–Crippen LogP) is 2.18. The van der Waals surface area contributed by atoms with Crippen LogP contribution in [0.2, 0.25) is 0 Å². The second-order valence-electron chi connectivity index (χ2n) is 5.20. The maximum absolute atomic E-state index is 12.5. The minimum absolute atomic E-state index is 0.0261. The summed E-state index contributed by atoms with van der Waals surface area (Å²) in [5.74, 6) is 0.973. The summed E-state index contributed by atoms with van der Waals surface area (Å²) in [6.07, 6.45) is 4.48. The van der Waals surface area contributed by atoms with Gasteiger partial charge in [-0.25, -0.2) is 15.0 Å². The standard InChI is InChI=1S/C15H19N5OS2/c1-3-11-8-13(17-10-16-11)19-4-6-20(7-5-19)14(21)12-9-23-15(18-12)22-2/h8-10H,3-7H2,1-2H3. The third-order valence-electron chi connectivity index (χ3n) is 3.84. The van der Waals surface area contributed by atoms with Crippen LogP contribution in [-0.2, 0) is 6.42 Å². The molecule has 0 atom stereocenters. The minimum Gasteiger partial charge on any atom is -0.353 e. The Balaban J connectivity index is 1.62. The summed E-state index contributed by atoms with van der Waals surface area (Å²) in [4.78, 5) is 29.5. The van der Waals surface area contributed by atoms with Gasteiger partial charge in [0, 0.05) is 43.3 Å². The van der Waals surface area contributed by atoms with Crippen molar-refractivity contribution in [2.75, 3.05) is 37.3 Å². The predicted molar refractivity (Wildman–Crippen MR) is 93.4 cm³/mol. The number of aryl methyl sites for hydroxylation is 1. The average molecular weight is 349 g/mol. The van der Waals surface area contributed by atoms with Gasteiger partial charge in [0.15, 0.2) is 0 Å². The molecule has 2 aromatic heterocycles. The monoisotopic (exact) mass is 349 g/mol. The number of piperazine rings is 1. The van der Waals surface area contributed by atoms with Crippen LogP contribution >= 0.6 is 23.1 Å². The SMILES string of the molecule is CCc1cc(N2CCN(C(=O)c3csc(SC)n3)CC2)ncn1. The van der Waals surface area contributed by atoms with Gasteiger partial charge in [0.1, 0.15) is 22.2 Å². The van der Waals surface area contributed by atoms with Crippen LogP contribution in [0.25, 0.3) is 0 Å². The van der Waals surface area contributed by atoms with Crippen molar-refractivity contribution < 1.29 is 4.79 Å². The molecule has 1 aliphatic rings. The highest BCUT2D eigenvalue weighted by atomic mass is 32.2. The zero-order valence-electron chi connectivity index (χ0n) is 13.2. The second kappa shape index (κ2) is 7.27. The first-order valence-electron chi connectivity index (χ1n) is 7.56. The Morgan fingerprint density at radius 3 is 2.74 bits per heavy atom. The van der Waals surface area contributed by atoms with Crippen LogP contribution < -0.4 is 4.90 Å². The first-order chi connectivity index (χ1) is 11.2. The van der Waals surface area contributed by atoms with Crippen LogP contribution in [0.5, 0.6) is 0 Å². The number of hydrogen-bond donors (Lipinski definition) is 0. The number of thioether (sulfide) groups is 1. The van der Waals surface area contributed by atoms with Crippen molar-refractivity contribution in [2.45, 2.75) is 17.7 Å². The summed E-state index contributed by atoms with van der Waals surface area (Å²) in [7, 11) is 0. The molecule has 6 nitrogen and oxygen atoms in total. The number of rotatable bonds is 4. The Morgan fingerprint density at radius 2 is 2.09 bits per heavy atom. The smallest absolute Gasteiger partial charge is 0.273 e. The summed E-state index contributed by atoms with van der Waals surface area (Å²) in [5, 5.41) is 1.85. The van der Waals surface area contributed by atoms with Gasteiger partial charge in [0.2, 0.25) is 0 Å². The van der Waals surface area contributed by atoms with E-state index in [0.29, 0.717) is 18.8 Å². The van der Waals surface area contributed by atoms with E-state index in [2.05, 4.69) is 26.8 Å². The number of hydrogen-bond acceptors (Lipinski definition) is 7. The van der Waals surface area contributed by atoms with Crippen LogP contribution in [0.4, 0.5) is 5.82 Å². The van der Waals surface area contributed by atoms with Crippen molar-refractivity contribution in [3.8, 4) is 0 Å². The molecule has 3 rings (SSSR count). The molecule has 0 radical (unpaired) electrons. The van der Waals surface area contributed by atoms with Gasteiger partial charge in [-0.2, -0.15) is 0 Å². The molecule has 0 aromatic carbocycles. The lowest BCUT2D eigenvalue weighted by Crippen LogP contribution is -2.49. The number of amides is 1. The van der Waals surface area contributed by atoms with E-state index in [9.17, 15) is 4.79 Å². The maximum atomic E-state index is 12.5. The molecule has 2 aromatic rings. The molecule has 1 saturated heterocycles. The van der Waals surface area contributed by atoms with Gasteiger partial charge in [-0.1, -0.05) is 18.7 Å². The van der Waals surface area contributed by atoms with Crippen molar-refractivity contribution >= 4 is 34.8 Å². The number of thiazole rings is 1. The van der Waals surface area contributed by atoms with Crippen molar-refractivity contribution in [3.63, 3.8) is 0 Å². The summed E-state index contributed by atoms with van der Waals surface area (Å²) in [5.41, 5.74) is 1.60. The van der Waals surface area contributed by atoms with Crippen molar-refractivity contribution in [1.82, 2.24) is 19.9 Å². The molecule has 3 heterocycles. The fourth-order valence-electron chi connectivity index (χ4n) is 2.50. The van der Waals surface area contributed by atoms with Crippen molar-refractivity contribution in [1.29, 1.82) is 0 Å². The molecule has 1 amide bonds. The highest BCUT2D eigenvalue weighted by Gasteiger charge is 2.24. The highest BCUT2D eigenvalue weighted by Crippen LogP contribution is 2.21. The van der Waals surface area contributed by atoms with Gasteiger partial charge in [-0.15, -0.1) is 11.3 Å². The third kappa shape index (κ3) is 3.64. The first kappa shape index (κ1) is 16.2. The number of nitrogens with zero attached hydrogens (tertiary/aromatic N) is 5. The summed E-state index contributed by atoms with van der Waals surface area (Å²) in [6, 6.07) is 2.03. The van der Waals surface area contributed by atoms with Gasteiger partial charge < -0.3 is 9.80 Å². The fraction of sp³-hybridized carbons (Fsp3) is 0.467. The molecule has 0 spiro atoms. The van der Waals surface area contributed by atoms with E-state index >= 15 is 0 Å². The lowest BCUT2D eigenvalue weighted by atomic mass is 10.2. The molecule has 1 fully saturated rings. The molecule has 23 heavy (non-hydrogen) atoms. The van der Waals surface area contributed by atoms with Crippen LogP contribution in [0.1, 0.15) is 23.1 Å². The van der Waals surface area contributed by atoms with Crippen molar-refractivity contribution in [3.05, 3.63) is 29.2 Å². The van der Waals surface area contributed by atoms with E-state index in [0.717, 1.165) is 35.4 Å². The van der Waals surface area contributed by atoms with Gasteiger partial charge in [0.05, 0.1) is 0 Å². The lowest BCUT2D eigenvalue weighted by Gasteiger charge is -2.35. The van der Waals surface area contributed by atoms with E-state index < -0.39 is 0 Å². The largest absolute Gasteiger partial charge is 0.353 e. The number of carbonyl (C=O) groups is 1. The number of aromatic nitrogens is 3. The van der Waals surface area contributed by atoms with Crippen LogP contribution in [0.15, 0.2) is 22.1 Å². The van der Waals surface area contributed by atoms with Crippen molar-refractivity contribution in [2.24, 2.45) is 0 Å². The summed E-state index contributed by atoms with van der Waals surface area (Å²) < 4.78 is 0.931. The van der Waals surface area contributed by atoms with Crippen LogP contribution in [0, 0.1) is 0 Å². The molecule has 8 heteroatoms. The van der Waals surface area contributed by atoms with E-state index in [1.54, 1.807) is 18.1 Å². The molecular weight excluding hydrogens is 330 g/mol. The quantitative estimate of drug-likeness (QED) is 0.789. The molecule has 0 aliphatic carbocycles.